The van der Waals surface area contributed by atoms with E-state index >= 15 is 0 Å². The van der Waals surface area contributed by atoms with Gasteiger partial charge in [-0.1, -0.05) is 6.07 Å². The van der Waals surface area contributed by atoms with Gasteiger partial charge in [0.15, 0.2) is 0 Å². The van der Waals surface area contributed by atoms with Gasteiger partial charge in [0.25, 0.3) is 4.60 Å². The highest BCUT2D eigenvalue weighted by molar-refractivity contribution is 9.10. The highest BCUT2D eigenvalue weighted by atomic mass is 79.9. The van der Waals surface area contributed by atoms with Crippen molar-refractivity contribution in [3.63, 3.8) is 0 Å². The van der Waals surface area contributed by atoms with Crippen molar-refractivity contribution in [3.05, 3.63) is 50.8 Å². The molecule has 0 amide bonds. The molecule has 3 nitrogen and oxygen atoms in total. The zero-order chi connectivity index (χ0) is 10.8. The molecule has 2 rings (SSSR count). The molecule has 76 valence electrons. The largest absolute Gasteiger partial charge is 0.617 e. The van der Waals surface area contributed by atoms with Crippen LogP contribution in [0.15, 0.2) is 45.6 Å². The van der Waals surface area contributed by atoms with Crippen LogP contribution in [0, 0.1) is 5.21 Å². The molecular formula is C10H6Br2N2O. The van der Waals surface area contributed by atoms with Crippen LogP contribution in [-0.2, 0) is 0 Å². The van der Waals surface area contributed by atoms with Crippen molar-refractivity contribution >= 4 is 31.9 Å². The van der Waals surface area contributed by atoms with Crippen molar-refractivity contribution in [2.45, 2.75) is 0 Å². The van der Waals surface area contributed by atoms with Gasteiger partial charge in [0.1, 0.15) is 10.3 Å². The molecule has 2 aromatic heterocycles. The van der Waals surface area contributed by atoms with Gasteiger partial charge < -0.3 is 5.21 Å². The van der Waals surface area contributed by atoms with Gasteiger partial charge in [-0.2, -0.15) is 4.73 Å². The van der Waals surface area contributed by atoms with Crippen molar-refractivity contribution in [1.82, 2.24) is 4.98 Å². The van der Waals surface area contributed by atoms with Crippen molar-refractivity contribution in [2.24, 2.45) is 0 Å². The third kappa shape index (κ3) is 2.18. The molecule has 0 saturated carbocycles. The first kappa shape index (κ1) is 10.6. The van der Waals surface area contributed by atoms with Crippen LogP contribution in [0.4, 0.5) is 0 Å². The average Bonchev–Trinajstić information content (AvgIpc) is 2.22. The van der Waals surface area contributed by atoms with Gasteiger partial charge in [-0.05, 0) is 34.1 Å². The summed E-state index contributed by atoms with van der Waals surface area (Å²) in [6, 6.07) is 10.7. The summed E-state index contributed by atoms with van der Waals surface area (Å²) in [5.74, 6) is 0. The number of aromatic nitrogens is 2. The molecule has 0 saturated heterocycles. The van der Waals surface area contributed by atoms with Crippen molar-refractivity contribution in [2.75, 3.05) is 0 Å². The van der Waals surface area contributed by atoms with E-state index in [1.165, 1.54) is 0 Å². The molecule has 0 bridgehead atoms. The maximum Gasteiger partial charge on any atom is 0.259 e. The first-order valence-corrected chi connectivity index (χ1v) is 5.78. The molecular weight excluding hydrogens is 324 g/mol. The van der Waals surface area contributed by atoms with Crippen LogP contribution in [0.5, 0.6) is 0 Å². The fourth-order valence-corrected chi connectivity index (χ4v) is 1.90. The SMILES string of the molecule is [O-][n+]1c(Br)cccc1-c1cccc(Br)n1. The minimum absolute atomic E-state index is 0.474. The second-order valence-corrected chi connectivity index (χ2v) is 4.50. The van der Waals surface area contributed by atoms with Gasteiger partial charge in [0.2, 0.25) is 5.69 Å². The van der Waals surface area contributed by atoms with Crippen LogP contribution in [0.3, 0.4) is 0 Å². The third-order valence-electron chi connectivity index (χ3n) is 1.88. The Morgan fingerprint density at radius 2 is 1.80 bits per heavy atom. The Labute approximate surface area is 104 Å². The number of nitrogens with zero attached hydrogens (tertiary/aromatic N) is 2. The number of hydrogen-bond donors (Lipinski definition) is 0. The zero-order valence-electron chi connectivity index (χ0n) is 7.52. The lowest BCUT2D eigenvalue weighted by atomic mass is 10.2. The van der Waals surface area contributed by atoms with Crippen LogP contribution in [0.25, 0.3) is 11.4 Å². The first-order chi connectivity index (χ1) is 7.18. The molecule has 2 heterocycles. The number of rotatable bonds is 1. The summed E-state index contributed by atoms with van der Waals surface area (Å²) in [6.45, 7) is 0. The standard InChI is InChI=1S/C10H6Br2N2O/c11-9-5-1-3-7(13-9)8-4-2-6-10(12)14(8)15/h1-6H. The predicted molar refractivity (Wildman–Crippen MR) is 64.0 cm³/mol. The molecule has 0 aliphatic carbocycles. The van der Waals surface area contributed by atoms with Gasteiger partial charge in [0, 0.05) is 28.1 Å². The molecule has 0 atom stereocenters. The molecule has 0 aliphatic rings. The van der Waals surface area contributed by atoms with E-state index in [1.807, 2.05) is 12.1 Å². The summed E-state index contributed by atoms with van der Waals surface area (Å²) in [4.78, 5) is 4.22. The van der Waals surface area contributed by atoms with E-state index in [0.717, 1.165) is 4.73 Å². The quantitative estimate of drug-likeness (QED) is 0.458. The molecule has 0 spiro atoms. The lowest BCUT2D eigenvalue weighted by Crippen LogP contribution is -2.30. The van der Waals surface area contributed by atoms with E-state index in [0.29, 0.717) is 20.6 Å². The predicted octanol–water partition coefficient (Wildman–Crippen LogP) is 2.91. The van der Waals surface area contributed by atoms with E-state index in [2.05, 4.69) is 36.8 Å². The first-order valence-electron chi connectivity index (χ1n) is 4.19. The summed E-state index contributed by atoms with van der Waals surface area (Å²) in [5.41, 5.74) is 1.16. The number of halogens is 2. The second-order valence-electron chi connectivity index (χ2n) is 2.87. The molecule has 5 heteroatoms. The fraction of sp³-hybridized carbons (Fsp3) is 0. The van der Waals surface area contributed by atoms with Crippen molar-refractivity contribution in [3.8, 4) is 11.4 Å². The van der Waals surface area contributed by atoms with Crippen molar-refractivity contribution < 1.29 is 4.73 Å². The molecule has 0 N–H and O–H groups in total. The number of hydrogen-bond acceptors (Lipinski definition) is 2. The van der Waals surface area contributed by atoms with Gasteiger partial charge in [-0.25, -0.2) is 4.98 Å². The van der Waals surface area contributed by atoms with Crippen LogP contribution < -0.4 is 4.73 Å². The third-order valence-corrected chi connectivity index (χ3v) is 2.91. The molecule has 15 heavy (non-hydrogen) atoms. The zero-order valence-corrected chi connectivity index (χ0v) is 10.7. The van der Waals surface area contributed by atoms with Crippen LogP contribution in [-0.4, -0.2) is 4.98 Å². The highest BCUT2D eigenvalue weighted by Gasteiger charge is 2.12. The Kier molecular flexibility index (Phi) is 3.02. The molecule has 0 radical (unpaired) electrons. The maximum absolute atomic E-state index is 11.7. The molecule has 0 fully saturated rings. The lowest BCUT2D eigenvalue weighted by molar-refractivity contribution is -0.605. The summed E-state index contributed by atoms with van der Waals surface area (Å²) in [7, 11) is 0. The van der Waals surface area contributed by atoms with E-state index in [1.54, 1.807) is 24.3 Å². The lowest BCUT2D eigenvalue weighted by Gasteiger charge is -2.04. The summed E-state index contributed by atoms with van der Waals surface area (Å²) in [6.07, 6.45) is 0. The molecule has 0 aliphatic heterocycles. The highest BCUT2D eigenvalue weighted by Crippen LogP contribution is 2.17. The maximum atomic E-state index is 11.7. The average molecular weight is 330 g/mol. The Morgan fingerprint density at radius 3 is 2.53 bits per heavy atom. The van der Waals surface area contributed by atoms with Gasteiger partial charge in [0.05, 0.1) is 0 Å². The smallest absolute Gasteiger partial charge is 0.259 e. The van der Waals surface area contributed by atoms with E-state index in [-0.39, 0.29) is 0 Å². The molecule has 0 aromatic carbocycles. The monoisotopic (exact) mass is 328 g/mol. The van der Waals surface area contributed by atoms with E-state index < -0.39 is 0 Å². The Bertz CT molecular complexity index is 503. The molecule has 0 unspecified atom stereocenters. The van der Waals surface area contributed by atoms with Crippen LogP contribution in [0.2, 0.25) is 0 Å². The van der Waals surface area contributed by atoms with E-state index in [9.17, 15) is 5.21 Å². The fourth-order valence-electron chi connectivity index (χ4n) is 1.21. The van der Waals surface area contributed by atoms with E-state index in [4.69, 9.17) is 0 Å². The summed E-state index contributed by atoms with van der Waals surface area (Å²) < 4.78 is 1.98. The Hall–Kier alpha value is -0.940. The Balaban J connectivity index is 2.59. The van der Waals surface area contributed by atoms with Gasteiger partial charge in [-0.3, -0.25) is 0 Å². The van der Waals surface area contributed by atoms with Gasteiger partial charge >= 0.3 is 0 Å². The van der Waals surface area contributed by atoms with Gasteiger partial charge in [-0.15, -0.1) is 0 Å². The molecule has 2 aromatic rings. The van der Waals surface area contributed by atoms with Crippen LogP contribution in [0.1, 0.15) is 0 Å². The minimum Gasteiger partial charge on any atom is -0.617 e. The minimum atomic E-state index is 0.474. The second kappa shape index (κ2) is 4.28. The van der Waals surface area contributed by atoms with Crippen molar-refractivity contribution in [1.29, 1.82) is 0 Å². The summed E-state index contributed by atoms with van der Waals surface area (Å²) >= 11 is 6.44. The topological polar surface area (TPSA) is 39.8 Å². The van der Waals surface area contributed by atoms with Crippen LogP contribution >= 0.6 is 31.9 Å². The Morgan fingerprint density at radius 1 is 1.07 bits per heavy atom. The normalized spacial score (nSPS) is 10.3. The number of pyridine rings is 2. The summed E-state index contributed by atoms with van der Waals surface area (Å²) in [5, 5.41) is 11.7.